The molecule has 0 amide bonds. The number of anilines is 2. The number of nitrogens with two attached hydrogens (primary N) is 1. The van der Waals surface area contributed by atoms with E-state index in [1.165, 1.54) is 33.5 Å². The summed E-state index contributed by atoms with van der Waals surface area (Å²) >= 11 is 0. The van der Waals surface area contributed by atoms with Crippen molar-refractivity contribution in [3.63, 3.8) is 0 Å². The summed E-state index contributed by atoms with van der Waals surface area (Å²) in [7, 11) is 0. The first-order chi connectivity index (χ1) is 16.1. The quantitative estimate of drug-likeness (QED) is 0.378. The molecule has 1 aliphatic heterocycles. The fraction of sp³-hybridized carbons (Fsp3) is 0.345. The SMILES string of the molecule is CC(C)Cc1c(N2CCC[C@@H]2COc2cccc(N)c2C#N)ccc2c1Cc1ccccc1-2. The second-order valence-electron chi connectivity index (χ2n) is 9.65. The number of nitriles is 1. The van der Waals surface area contributed by atoms with Gasteiger partial charge in [-0.05, 0) is 77.6 Å². The van der Waals surface area contributed by atoms with Crippen LogP contribution in [0.5, 0.6) is 5.75 Å². The summed E-state index contributed by atoms with van der Waals surface area (Å²) in [5.41, 5.74) is 15.4. The lowest BCUT2D eigenvalue weighted by Gasteiger charge is -2.31. The molecule has 0 aromatic heterocycles. The highest BCUT2D eigenvalue weighted by molar-refractivity contribution is 5.81. The van der Waals surface area contributed by atoms with Gasteiger partial charge in [-0.2, -0.15) is 5.26 Å². The van der Waals surface area contributed by atoms with Crippen LogP contribution in [-0.4, -0.2) is 19.2 Å². The number of ether oxygens (including phenoxy) is 1. The first-order valence-electron chi connectivity index (χ1n) is 12.0. The molecule has 0 saturated carbocycles. The zero-order valence-electron chi connectivity index (χ0n) is 19.5. The normalized spacial score (nSPS) is 16.5. The van der Waals surface area contributed by atoms with Gasteiger partial charge in [-0.15, -0.1) is 0 Å². The van der Waals surface area contributed by atoms with Gasteiger partial charge < -0.3 is 15.4 Å². The molecule has 33 heavy (non-hydrogen) atoms. The maximum atomic E-state index is 9.49. The van der Waals surface area contributed by atoms with E-state index in [0.717, 1.165) is 32.2 Å². The Morgan fingerprint density at radius 1 is 1.09 bits per heavy atom. The molecule has 1 fully saturated rings. The van der Waals surface area contributed by atoms with Crippen LogP contribution in [0.1, 0.15) is 48.9 Å². The van der Waals surface area contributed by atoms with Crippen molar-refractivity contribution < 1.29 is 4.74 Å². The summed E-state index contributed by atoms with van der Waals surface area (Å²) in [5.74, 6) is 1.16. The highest BCUT2D eigenvalue weighted by Gasteiger charge is 2.30. The maximum Gasteiger partial charge on any atom is 0.139 e. The van der Waals surface area contributed by atoms with E-state index in [1.807, 2.05) is 12.1 Å². The van der Waals surface area contributed by atoms with Gasteiger partial charge in [0.1, 0.15) is 24.0 Å². The third-order valence-corrected chi connectivity index (χ3v) is 6.98. The van der Waals surface area contributed by atoms with E-state index in [0.29, 0.717) is 29.5 Å². The smallest absolute Gasteiger partial charge is 0.139 e. The largest absolute Gasteiger partial charge is 0.490 e. The van der Waals surface area contributed by atoms with Gasteiger partial charge in [-0.1, -0.05) is 50.2 Å². The lowest BCUT2D eigenvalue weighted by molar-refractivity contribution is 0.288. The molecule has 2 N–H and O–H groups in total. The van der Waals surface area contributed by atoms with Crippen LogP contribution < -0.4 is 15.4 Å². The minimum atomic E-state index is 0.283. The summed E-state index contributed by atoms with van der Waals surface area (Å²) in [6, 6.07) is 21.4. The average Bonchev–Trinajstić information content (AvgIpc) is 3.42. The summed E-state index contributed by atoms with van der Waals surface area (Å²) in [5, 5.41) is 9.49. The molecule has 1 aliphatic carbocycles. The molecule has 0 unspecified atom stereocenters. The Kier molecular flexibility index (Phi) is 5.72. The Morgan fingerprint density at radius 2 is 1.94 bits per heavy atom. The minimum absolute atomic E-state index is 0.283. The molecule has 4 nitrogen and oxygen atoms in total. The van der Waals surface area contributed by atoms with E-state index < -0.39 is 0 Å². The van der Waals surface area contributed by atoms with Gasteiger partial charge in [0.2, 0.25) is 0 Å². The Labute approximate surface area is 196 Å². The summed E-state index contributed by atoms with van der Waals surface area (Å²) in [6.45, 7) is 6.20. The van der Waals surface area contributed by atoms with Crippen LogP contribution >= 0.6 is 0 Å². The Bertz CT molecular complexity index is 1220. The van der Waals surface area contributed by atoms with Crippen LogP contribution in [0.4, 0.5) is 11.4 Å². The monoisotopic (exact) mass is 437 g/mol. The molecule has 0 bridgehead atoms. The van der Waals surface area contributed by atoms with Gasteiger partial charge in [0, 0.05) is 12.2 Å². The van der Waals surface area contributed by atoms with E-state index in [4.69, 9.17) is 10.5 Å². The molecule has 4 heteroatoms. The summed E-state index contributed by atoms with van der Waals surface area (Å²) in [4.78, 5) is 2.54. The second-order valence-corrected chi connectivity index (χ2v) is 9.65. The van der Waals surface area contributed by atoms with Crippen molar-refractivity contribution in [2.75, 3.05) is 23.8 Å². The van der Waals surface area contributed by atoms with Crippen LogP contribution in [0.25, 0.3) is 11.1 Å². The molecule has 3 aromatic carbocycles. The predicted molar refractivity (Wildman–Crippen MR) is 135 cm³/mol. The number of nitrogen functional groups attached to an aromatic ring is 1. The third kappa shape index (κ3) is 3.93. The van der Waals surface area contributed by atoms with Crippen molar-refractivity contribution in [2.45, 2.75) is 45.6 Å². The van der Waals surface area contributed by atoms with Crippen LogP contribution in [-0.2, 0) is 12.8 Å². The molecule has 1 heterocycles. The Balaban J connectivity index is 1.45. The molecule has 0 radical (unpaired) electrons. The van der Waals surface area contributed by atoms with Crippen LogP contribution in [0, 0.1) is 17.2 Å². The van der Waals surface area contributed by atoms with Crippen LogP contribution in [0.15, 0.2) is 54.6 Å². The predicted octanol–water partition coefficient (Wildman–Crippen LogP) is 5.96. The molecule has 5 rings (SSSR count). The molecule has 1 saturated heterocycles. The van der Waals surface area contributed by atoms with Gasteiger partial charge in [0.25, 0.3) is 0 Å². The van der Waals surface area contributed by atoms with E-state index in [9.17, 15) is 5.26 Å². The number of benzene rings is 3. The van der Waals surface area contributed by atoms with E-state index in [2.05, 4.69) is 61.2 Å². The van der Waals surface area contributed by atoms with Crippen LogP contribution in [0.2, 0.25) is 0 Å². The maximum absolute atomic E-state index is 9.49. The highest BCUT2D eigenvalue weighted by atomic mass is 16.5. The zero-order valence-corrected chi connectivity index (χ0v) is 19.5. The van der Waals surface area contributed by atoms with Gasteiger partial charge in [-0.25, -0.2) is 0 Å². The zero-order chi connectivity index (χ0) is 22.9. The second kappa shape index (κ2) is 8.83. The number of rotatable bonds is 6. The van der Waals surface area contributed by atoms with Crippen molar-refractivity contribution in [3.05, 3.63) is 76.9 Å². The topological polar surface area (TPSA) is 62.3 Å². The molecule has 3 aromatic rings. The van der Waals surface area contributed by atoms with Gasteiger partial charge in [0.15, 0.2) is 0 Å². The van der Waals surface area contributed by atoms with E-state index in [1.54, 1.807) is 6.07 Å². The third-order valence-electron chi connectivity index (χ3n) is 6.98. The lowest BCUT2D eigenvalue weighted by atomic mass is 9.92. The molecule has 2 aliphatic rings. The van der Waals surface area contributed by atoms with E-state index >= 15 is 0 Å². The number of hydrogen-bond acceptors (Lipinski definition) is 4. The van der Waals surface area contributed by atoms with Crippen molar-refractivity contribution in [2.24, 2.45) is 5.92 Å². The van der Waals surface area contributed by atoms with Crippen molar-refractivity contribution in [1.29, 1.82) is 5.26 Å². The lowest BCUT2D eigenvalue weighted by Crippen LogP contribution is -2.35. The molecule has 168 valence electrons. The van der Waals surface area contributed by atoms with Crippen molar-refractivity contribution in [1.82, 2.24) is 0 Å². The van der Waals surface area contributed by atoms with Crippen molar-refractivity contribution >= 4 is 11.4 Å². The first kappa shape index (κ1) is 21.4. The summed E-state index contributed by atoms with van der Waals surface area (Å²) < 4.78 is 6.16. The number of nitrogens with zero attached hydrogens (tertiary/aromatic N) is 2. The van der Waals surface area contributed by atoms with E-state index in [-0.39, 0.29) is 6.04 Å². The molecular formula is C29H31N3O. The van der Waals surface area contributed by atoms with Crippen LogP contribution in [0.3, 0.4) is 0 Å². The molecule has 0 spiro atoms. The minimum Gasteiger partial charge on any atom is -0.490 e. The number of hydrogen-bond donors (Lipinski definition) is 1. The first-order valence-corrected chi connectivity index (χ1v) is 12.0. The van der Waals surface area contributed by atoms with Gasteiger partial charge in [0.05, 0.1) is 11.7 Å². The van der Waals surface area contributed by atoms with Gasteiger partial charge in [-0.3, -0.25) is 0 Å². The molecular weight excluding hydrogens is 406 g/mol. The fourth-order valence-corrected chi connectivity index (χ4v) is 5.47. The Morgan fingerprint density at radius 3 is 2.76 bits per heavy atom. The Hall–Kier alpha value is -3.45. The number of fused-ring (bicyclic) bond motifs is 3. The summed E-state index contributed by atoms with van der Waals surface area (Å²) in [6.07, 6.45) is 4.33. The highest BCUT2D eigenvalue weighted by Crippen LogP contribution is 2.43. The van der Waals surface area contributed by atoms with Crippen molar-refractivity contribution in [3.8, 4) is 22.9 Å². The molecule has 1 atom stereocenters. The fourth-order valence-electron chi connectivity index (χ4n) is 5.47. The van der Waals surface area contributed by atoms with Gasteiger partial charge >= 0.3 is 0 Å². The standard InChI is InChI=1S/C29H31N3O/c1-19(2)15-25-24-16-20-7-3-4-9-22(20)23(24)12-13-28(25)32-14-6-8-21(32)18-33-29-11-5-10-27(31)26(29)17-30/h3-5,7,9-13,19,21H,6,8,14-16,18,31H2,1-2H3/t21-/m1/s1. The average molecular weight is 438 g/mol.